The topological polar surface area (TPSA) is 29.1 Å². The van der Waals surface area contributed by atoms with Crippen LogP contribution in [-0.2, 0) is 11.0 Å². The maximum absolute atomic E-state index is 11.1. The third-order valence-corrected chi connectivity index (χ3v) is 3.35. The highest BCUT2D eigenvalue weighted by Gasteiger charge is 2.28. The molecule has 1 N–H and O–H groups in total. The van der Waals surface area contributed by atoms with Crippen molar-refractivity contribution >= 4 is 11.0 Å². The van der Waals surface area contributed by atoms with E-state index in [0.717, 1.165) is 18.6 Å². The molecule has 2 nitrogen and oxygen atoms in total. The lowest BCUT2D eigenvalue weighted by molar-refractivity contribution is 0.280. The standard InChI is InChI=1S/C8H17NOS/c1-8(2,3)7-5-4-6-11(10)9-7/h7,9H,4-6H2,1-3H3. The zero-order valence-electron chi connectivity index (χ0n) is 7.52. The largest absolute Gasteiger partial charge is 0.243 e. The molecule has 1 aliphatic rings. The molecule has 1 aliphatic heterocycles. The second-order valence-corrected chi connectivity index (χ2v) is 5.56. The minimum Gasteiger partial charge on any atom is -0.243 e. The van der Waals surface area contributed by atoms with Crippen LogP contribution in [0, 0.1) is 5.41 Å². The molecule has 2 atom stereocenters. The fourth-order valence-electron chi connectivity index (χ4n) is 1.30. The summed E-state index contributed by atoms with van der Waals surface area (Å²) in [4.78, 5) is 0. The molecule has 0 aliphatic carbocycles. The number of nitrogens with one attached hydrogen (secondary N) is 1. The first-order valence-electron chi connectivity index (χ1n) is 4.15. The van der Waals surface area contributed by atoms with Crippen molar-refractivity contribution in [3.63, 3.8) is 0 Å². The van der Waals surface area contributed by atoms with E-state index in [1.807, 2.05) is 0 Å². The van der Waals surface area contributed by atoms with Crippen LogP contribution >= 0.6 is 0 Å². The van der Waals surface area contributed by atoms with Gasteiger partial charge in [-0.05, 0) is 18.3 Å². The molecule has 0 radical (unpaired) electrons. The van der Waals surface area contributed by atoms with Crippen LogP contribution in [0.15, 0.2) is 0 Å². The van der Waals surface area contributed by atoms with Crippen LogP contribution in [0.4, 0.5) is 0 Å². The SMILES string of the molecule is CC(C)(C)C1CCCS(=O)N1. The van der Waals surface area contributed by atoms with Gasteiger partial charge in [-0.25, -0.2) is 8.93 Å². The van der Waals surface area contributed by atoms with Crippen LogP contribution in [0.5, 0.6) is 0 Å². The maximum atomic E-state index is 11.1. The Morgan fingerprint density at radius 1 is 1.45 bits per heavy atom. The summed E-state index contributed by atoms with van der Waals surface area (Å²) >= 11 is 0. The summed E-state index contributed by atoms with van der Waals surface area (Å²) < 4.78 is 14.2. The van der Waals surface area contributed by atoms with Crippen LogP contribution in [0.3, 0.4) is 0 Å². The zero-order valence-corrected chi connectivity index (χ0v) is 8.33. The first-order chi connectivity index (χ1) is 5.00. The van der Waals surface area contributed by atoms with Crippen molar-refractivity contribution in [2.45, 2.75) is 39.7 Å². The molecule has 2 unspecified atom stereocenters. The molecular weight excluding hydrogens is 158 g/mol. The van der Waals surface area contributed by atoms with Gasteiger partial charge in [0.15, 0.2) is 0 Å². The first-order valence-corrected chi connectivity index (χ1v) is 5.46. The van der Waals surface area contributed by atoms with Crippen molar-refractivity contribution in [1.82, 2.24) is 4.72 Å². The van der Waals surface area contributed by atoms with Gasteiger partial charge in [0.05, 0.1) is 11.0 Å². The molecule has 0 amide bonds. The first kappa shape index (κ1) is 9.20. The molecule has 1 fully saturated rings. The second kappa shape index (κ2) is 3.23. The predicted molar refractivity (Wildman–Crippen MR) is 48.6 cm³/mol. The third-order valence-electron chi connectivity index (χ3n) is 2.14. The summed E-state index contributed by atoms with van der Waals surface area (Å²) in [6, 6.07) is 0.428. The quantitative estimate of drug-likeness (QED) is 0.593. The number of hydrogen-bond acceptors (Lipinski definition) is 1. The molecule has 0 bridgehead atoms. The Bertz CT molecular complexity index is 162. The molecule has 0 saturated carbocycles. The molecule has 0 aromatic carbocycles. The highest BCUT2D eigenvalue weighted by atomic mass is 32.2. The predicted octanol–water partition coefficient (Wildman–Crippen LogP) is 1.45. The van der Waals surface area contributed by atoms with E-state index in [-0.39, 0.29) is 5.41 Å². The third kappa shape index (κ3) is 2.56. The second-order valence-electron chi connectivity index (χ2n) is 4.23. The number of rotatable bonds is 0. The van der Waals surface area contributed by atoms with E-state index < -0.39 is 11.0 Å². The Balaban J connectivity index is 2.53. The van der Waals surface area contributed by atoms with Gasteiger partial charge in [-0.15, -0.1) is 0 Å². The van der Waals surface area contributed by atoms with E-state index in [4.69, 9.17) is 0 Å². The van der Waals surface area contributed by atoms with Gasteiger partial charge in [-0.2, -0.15) is 0 Å². The van der Waals surface area contributed by atoms with Crippen molar-refractivity contribution in [1.29, 1.82) is 0 Å². The van der Waals surface area contributed by atoms with Gasteiger partial charge >= 0.3 is 0 Å². The summed E-state index contributed by atoms with van der Waals surface area (Å²) in [6.45, 7) is 6.56. The normalized spacial score (nSPS) is 33.7. The Hall–Kier alpha value is 0.110. The van der Waals surface area contributed by atoms with E-state index in [9.17, 15) is 4.21 Å². The Kier molecular flexibility index (Phi) is 2.70. The average molecular weight is 175 g/mol. The van der Waals surface area contributed by atoms with Crippen LogP contribution < -0.4 is 4.72 Å². The Labute approximate surface area is 71.3 Å². The molecule has 1 saturated heterocycles. The van der Waals surface area contributed by atoms with Crippen molar-refractivity contribution in [2.24, 2.45) is 5.41 Å². The fraction of sp³-hybridized carbons (Fsp3) is 1.00. The Morgan fingerprint density at radius 3 is 2.45 bits per heavy atom. The smallest absolute Gasteiger partial charge is 0.0918 e. The summed E-state index contributed by atoms with van der Waals surface area (Å²) in [6.07, 6.45) is 2.26. The van der Waals surface area contributed by atoms with Crippen molar-refractivity contribution in [3.8, 4) is 0 Å². The Morgan fingerprint density at radius 2 is 2.09 bits per heavy atom. The highest BCUT2D eigenvalue weighted by molar-refractivity contribution is 7.83. The molecule has 0 aromatic rings. The molecule has 11 heavy (non-hydrogen) atoms. The molecule has 0 aromatic heterocycles. The van der Waals surface area contributed by atoms with Gasteiger partial charge < -0.3 is 0 Å². The van der Waals surface area contributed by atoms with E-state index >= 15 is 0 Å². The van der Waals surface area contributed by atoms with Gasteiger partial charge in [0.2, 0.25) is 0 Å². The lowest BCUT2D eigenvalue weighted by Gasteiger charge is -2.33. The molecule has 0 spiro atoms. The van der Waals surface area contributed by atoms with E-state index in [1.54, 1.807) is 0 Å². The molecule has 1 rings (SSSR count). The molecule has 66 valence electrons. The van der Waals surface area contributed by atoms with Crippen molar-refractivity contribution < 1.29 is 4.21 Å². The van der Waals surface area contributed by atoms with Gasteiger partial charge in [-0.1, -0.05) is 20.8 Å². The van der Waals surface area contributed by atoms with Crippen LogP contribution in [-0.4, -0.2) is 16.0 Å². The lowest BCUT2D eigenvalue weighted by atomic mass is 9.85. The van der Waals surface area contributed by atoms with E-state index in [0.29, 0.717) is 6.04 Å². The maximum Gasteiger partial charge on any atom is 0.0918 e. The summed E-state index contributed by atoms with van der Waals surface area (Å²) in [5.74, 6) is 0.826. The summed E-state index contributed by atoms with van der Waals surface area (Å²) in [5.41, 5.74) is 0.246. The minimum absolute atomic E-state index is 0.246. The minimum atomic E-state index is -0.767. The van der Waals surface area contributed by atoms with Crippen LogP contribution in [0.1, 0.15) is 33.6 Å². The highest BCUT2D eigenvalue weighted by Crippen LogP contribution is 2.25. The van der Waals surface area contributed by atoms with E-state index in [1.165, 1.54) is 0 Å². The molecule has 3 heteroatoms. The van der Waals surface area contributed by atoms with Crippen LogP contribution in [0.25, 0.3) is 0 Å². The molecule has 1 heterocycles. The number of hydrogen-bond donors (Lipinski definition) is 1. The van der Waals surface area contributed by atoms with Crippen LogP contribution in [0.2, 0.25) is 0 Å². The summed E-state index contributed by atoms with van der Waals surface area (Å²) in [7, 11) is -0.767. The lowest BCUT2D eigenvalue weighted by Crippen LogP contribution is -2.45. The van der Waals surface area contributed by atoms with Gasteiger partial charge in [0, 0.05) is 11.8 Å². The summed E-state index contributed by atoms with van der Waals surface area (Å²) in [5, 5.41) is 0. The average Bonchev–Trinajstić information content (AvgIpc) is 1.86. The molecular formula is C8H17NOS. The van der Waals surface area contributed by atoms with Crippen molar-refractivity contribution in [2.75, 3.05) is 5.75 Å². The van der Waals surface area contributed by atoms with Gasteiger partial charge in [0.25, 0.3) is 0 Å². The zero-order chi connectivity index (χ0) is 8.48. The van der Waals surface area contributed by atoms with Crippen molar-refractivity contribution in [3.05, 3.63) is 0 Å². The van der Waals surface area contributed by atoms with E-state index in [2.05, 4.69) is 25.5 Å². The van der Waals surface area contributed by atoms with Gasteiger partial charge in [-0.3, -0.25) is 0 Å². The monoisotopic (exact) mass is 175 g/mol. The van der Waals surface area contributed by atoms with Gasteiger partial charge in [0.1, 0.15) is 0 Å². The fourth-order valence-corrected chi connectivity index (χ4v) is 2.64.